The van der Waals surface area contributed by atoms with Crippen LogP contribution in [0.4, 0.5) is 0 Å². The van der Waals surface area contributed by atoms with Gasteiger partial charge in [-0.25, -0.2) is 0 Å². The maximum absolute atomic E-state index is 12.5. The SMILES string of the molecule is CCC1CCC(C)N1C(=O)CC1CCC(CN)CC1. The van der Waals surface area contributed by atoms with Crippen molar-refractivity contribution in [3.63, 3.8) is 0 Å². The van der Waals surface area contributed by atoms with Crippen molar-refractivity contribution in [2.45, 2.75) is 77.3 Å². The Morgan fingerprint density at radius 1 is 1.11 bits per heavy atom. The van der Waals surface area contributed by atoms with Crippen molar-refractivity contribution in [3.8, 4) is 0 Å². The zero-order valence-corrected chi connectivity index (χ0v) is 12.6. The molecule has 0 bridgehead atoms. The molecule has 1 heterocycles. The smallest absolute Gasteiger partial charge is 0.223 e. The van der Waals surface area contributed by atoms with Gasteiger partial charge in [0.25, 0.3) is 0 Å². The summed E-state index contributed by atoms with van der Waals surface area (Å²) in [5.41, 5.74) is 5.73. The highest BCUT2D eigenvalue weighted by atomic mass is 16.2. The van der Waals surface area contributed by atoms with Crippen LogP contribution in [0.2, 0.25) is 0 Å². The van der Waals surface area contributed by atoms with Gasteiger partial charge in [0.05, 0.1) is 0 Å². The van der Waals surface area contributed by atoms with E-state index in [2.05, 4.69) is 18.7 Å². The maximum atomic E-state index is 12.5. The van der Waals surface area contributed by atoms with Crippen LogP contribution in [0.1, 0.15) is 65.2 Å². The van der Waals surface area contributed by atoms with E-state index in [1.165, 1.54) is 38.5 Å². The lowest BCUT2D eigenvalue weighted by atomic mass is 9.80. The van der Waals surface area contributed by atoms with Crippen LogP contribution < -0.4 is 5.73 Å². The number of hydrogen-bond acceptors (Lipinski definition) is 2. The van der Waals surface area contributed by atoms with Crippen LogP contribution in [0.3, 0.4) is 0 Å². The molecule has 0 radical (unpaired) electrons. The van der Waals surface area contributed by atoms with Gasteiger partial charge in [0, 0.05) is 18.5 Å². The van der Waals surface area contributed by atoms with Gasteiger partial charge < -0.3 is 10.6 Å². The third-order valence-corrected chi connectivity index (χ3v) is 5.31. The highest BCUT2D eigenvalue weighted by molar-refractivity contribution is 5.77. The third-order valence-electron chi connectivity index (χ3n) is 5.31. The average molecular weight is 266 g/mol. The Balaban J connectivity index is 1.84. The van der Waals surface area contributed by atoms with Gasteiger partial charge in [-0.15, -0.1) is 0 Å². The standard InChI is InChI=1S/C16H30N2O/c1-3-15-9-4-12(2)18(15)16(19)10-13-5-7-14(11-17)8-6-13/h12-15H,3-11,17H2,1-2H3. The highest BCUT2D eigenvalue weighted by Crippen LogP contribution is 2.33. The molecule has 3 nitrogen and oxygen atoms in total. The fraction of sp³-hybridized carbons (Fsp3) is 0.938. The fourth-order valence-corrected chi connectivity index (χ4v) is 3.95. The Kier molecular flexibility index (Phi) is 5.26. The molecule has 2 unspecified atom stereocenters. The number of likely N-dealkylation sites (tertiary alicyclic amines) is 1. The van der Waals surface area contributed by atoms with E-state index < -0.39 is 0 Å². The molecule has 1 aliphatic carbocycles. The van der Waals surface area contributed by atoms with E-state index in [0.717, 1.165) is 19.4 Å². The van der Waals surface area contributed by atoms with Crippen molar-refractivity contribution in [2.75, 3.05) is 6.54 Å². The summed E-state index contributed by atoms with van der Waals surface area (Å²) in [7, 11) is 0. The fourth-order valence-electron chi connectivity index (χ4n) is 3.95. The Morgan fingerprint density at radius 2 is 1.74 bits per heavy atom. The number of nitrogens with zero attached hydrogens (tertiary/aromatic N) is 1. The van der Waals surface area contributed by atoms with Crippen LogP contribution in [-0.4, -0.2) is 29.4 Å². The van der Waals surface area contributed by atoms with E-state index in [-0.39, 0.29) is 0 Å². The second-order valence-electron chi connectivity index (χ2n) is 6.62. The molecule has 19 heavy (non-hydrogen) atoms. The Morgan fingerprint density at radius 3 is 2.32 bits per heavy atom. The summed E-state index contributed by atoms with van der Waals surface area (Å²) in [6.45, 7) is 5.23. The van der Waals surface area contributed by atoms with Crippen LogP contribution in [0.15, 0.2) is 0 Å². The minimum atomic E-state index is 0.410. The van der Waals surface area contributed by atoms with Gasteiger partial charge in [0.1, 0.15) is 0 Å². The van der Waals surface area contributed by atoms with Crippen LogP contribution in [0.25, 0.3) is 0 Å². The van der Waals surface area contributed by atoms with Crippen LogP contribution in [0.5, 0.6) is 0 Å². The summed E-state index contributed by atoms with van der Waals surface area (Å²) in [6.07, 6.45) is 9.11. The van der Waals surface area contributed by atoms with Gasteiger partial charge in [0.15, 0.2) is 0 Å². The molecule has 3 heteroatoms. The molecule has 1 saturated heterocycles. The van der Waals surface area contributed by atoms with Crippen molar-refractivity contribution in [1.29, 1.82) is 0 Å². The van der Waals surface area contributed by atoms with Gasteiger partial charge in [-0.2, -0.15) is 0 Å². The molecule has 2 rings (SSSR count). The third kappa shape index (κ3) is 3.50. The molecule has 1 amide bonds. The summed E-state index contributed by atoms with van der Waals surface area (Å²) in [5, 5.41) is 0. The number of rotatable bonds is 4. The monoisotopic (exact) mass is 266 g/mol. The first kappa shape index (κ1) is 14.8. The van der Waals surface area contributed by atoms with Crippen molar-refractivity contribution >= 4 is 5.91 Å². The van der Waals surface area contributed by atoms with E-state index in [1.807, 2.05) is 0 Å². The molecule has 2 fully saturated rings. The van der Waals surface area contributed by atoms with E-state index in [1.54, 1.807) is 0 Å². The average Bonchev–Trinajstić information content (AvgIpc) is 2.80. The van der Waals surface area contributed by atoms with Crippen LogP contribution >= 0.6 is 0 Å². The largest absolute Gasteiger partial charge is 0.337 e. The summed E-state index contributed by atoms with van der Waals surface area (Å²) in [6, 6.07) is 0.959. The number of nitrogens with two attached hydrogens (primary N) is 1. The minimum absolute atomic E-state index is 0.410. The molecular formula is C16H30N2O. The van der Waals surface area contributed by atoms with E-state index >= 15 is 0 Å². The molecule has 0 aromatic rings. The molecular weight excluding hydrogens is 236 g/mol. The molecule has 0 spiro atoms. The highest BCUT2D eigenvalue weighted by Gasteiger charge is 2.34. The Labute approximate surface area is 117 Å². The summed E-state index contributed by atoms with van der Waals surface area (Å²) >= 11 is 0. The Bertz CT molecular complexity index is 297. The molecule has 110 valence electrons. The first-order chi connectivity index (χ1) is 9.15. The zero-order chi connectivity index (χ0) is 13.8. The van der Waals surface area contributed by atoms with E-state index in [4.69, 9.17) is 5.73 Å². The van der Waals surface area contributed by atoms with Crippen molar-refractivity contribution in [3.05, 3.63) is 0 Å². The number of carbonyl (C=O) groups excluding carboxylic acids is 1. The lowest BCUT2D eigenvalue weighted by molar-refractivity contribution is -0.135. The predicted octanol–water partition coefficient (Wildman–Crippen LogP) is 2.93. The van der Waals surface area contributed by atoms with Crippen molar-refractivity contribution < 1.29 is 4.79 Å². The van der Waals surface area contributed by atoms with Crippen molar-refractivity contribution in [1.82, 2.24) is 4.90 Å². The summed E-state index contributed by atoms with van der Waals surface area (Å²) in [5.74, 6) is 1.73. The maximum Gasteiger partial charge on any atom is 0.223 e. The minimum Gasteiger partial charge on any atom is -0.337 e. The summed E-state index contributed by atoms with van der Waals surface area (Å²) in [4.78, 5) is 14.7. The van der Waals surface area contributed by atoms with E-state index in [9.17, 15) is 4.79 Å². The summed E-state index contributed by atoms with van der Waals surface area (Å²) < 4.78 is 0. The lowest BCUT2D eigenvalue weighted by Gasteiger charge is -2.32. The van der Waals surface area contributed by atoms with Crippen LogP contribution in [-0.2, 0) is 4.79 Å². The normalized spacial score (nSPS) is 35.6. The van der Waals surface area contributed by atoms with Gasteiger partial charge in [-0.05, 0) is 70.3 Å². The van der Waals surface area contributed by atoms with Crippen molar-refractivity contribution in [2.24, 2.45) is 17.6 Å². The van der Waals surface area contributed by atoms with Gasteiger partial charge in [0.2, 0.25) is 5.91 Å². The first-order valence-corrected chi connectivity index (χ1v) is 8.16. The van der Waals surface area contributed by atoms with Crippen LogP contribution in [0, 0.1) is 11.8 Å². The lowest BCUT2D eigenvalue weighted by Crippen LogP contribution is -2.40. The number of carbonyl (C=O) groups is 1. The molecule has 2 atom stereocenters. The zero-order valence-electron chi connectivity index (χ0n) is 12.6. The predicted molar refractivity (Wildman–Crippen MR) is 78.7 cm³/mol. The second-order valence-corrected chi connectivity index (χ2v) is 6.62. The van der Waals surface area contributed by atoms with Gasteiger partial charge in [-0.3, -0.25) is 4.79 Å². The molecule has 2 aliphatic rings. The second kappa shape index (κ2) is 6.74. The number of hydrogen-bond donors (Lipinski definition) is 1. The molecule has 0 aromatic carbocycles. The molecule has 1 aliphatic heterocycles. The number of amides is 1. The first-order valence-electron chi connectivity index (χ1n) is 8.16. The van der Waals surface area contributed by atoms with Gasteiger partial charge in [-0.1, -0.05) is 6.92 Å². The molecule has 0 aromatic heterocycles. The quantitative estimate of drug-likeness (QED) is 0.850. The molecule has 2 N–H and O–H groups in total. The van der Waals surface area contributed by atoms with Gasteiger partial charge >= 0.3 is 0 Å². The van der Waals surface area contributed by atoms with E-state index in [0.29, 0.717) is 29.8 Å². The Hall–Kier alpha value is -0.570. The molecule has 1 saturated carbocycles. The topological polar surface area (TPSA) is 46.3 Å².